The van der Waals surface area contributed by atoms with Crippen LogP contribution in [0.3, 0.4) is 0 Å². The van der Waals surface area contributed by atoms with Gasteiger partial charge in [0.1, 0.15) is 0 Å². The molecule has 0 radical (unpaired) electrons. The van der Waals surface area contributed by atoms with Gasteiger partial charge in [0.05, 0.1) is 0 Å². The average Bonchev–Trinajstić information content (AvgIpc) is 2.08. The van der Waals surface area contributed by atoms with Gasteiger partial charge in [0.2, 0.25) is 0 Å². The lowest BCUT2D eigenvalue weighted by molar-refractivity contribution is -0.0391. The Morgan fingerprint density at radius 1 is 1.29 bits per heavy atom. The fraction of sp³-hybridized carbons (Fsp3) is 0.400. The third kappa shape index (κ3) is 2.61. The van der Waals surface area contributed by atoms with Crippen LogP contribution in [0.2, 0.25) is 0 Å². The van der Waals surface area contributed by atoms with E-state index in [1.54, 1.807) is 38.1 Å². The van der Waals surface area contributed by atoms with Crippen molar-refractivity contribution >= 4 is 11.4 Å². The van der Waals surface area contributed by atoms with Gasteiger partial charge in [-0.3, -0.25) is 4.90 Å². The molecule has 1 rings (SSSR count). The van der Waals surface area contributed by atoms with Gasteiger partial charge in [-0.1, -0.05) is 0 Å². The highest BCUT2D eigenvalue weighted by Crippen LogP contribution is 2.16. The van der Waals surface area contributed by atoms with Crippen molar-refractivity contribution in [2.24, 2.45) is 0 Å². The first-order valence-electron chi connectivity index (χ1n) is 4.45. The van der Waals surface area contributed by atoms with Crippen molar-refractivity contribution in [2.45, 2.75) is 12.8 Å². The van der Waals surface area contributed by atoms with Crippen LogP contribution in [0.1, 0.15) is 6.92 Å². The van der Waals surface area contributed by atoms with Crippen LogP contribution in [-0.2, 0) is 0 Å². The Hall–Kier alpha value is -1.26. The molecule has 0 aliphatic rings. The summed E-state index contributed by atoms with van der Waals surface area (Å²) in [7, 11) is 3.59. The van der Waals surface area contributed by atoms with E-state index in [0.29, 0.717) is 5.69 Å². The molecule has 0 saturated heterocycles. The highest BCUT2D eigenvalue weighted by molar-refractivity contribution is 5.51. The topological polar surface area (TPSA) is 61.5 Å². The molecule has 0 heterocycles. The van der Waals surface area contributed by atoms with E-state index in [4.69, 9.17) is 5.73 Å². The molecule has 0 spiro atoms. The molecule has 1 atom stereocenters. The number of nitrogen functional groups attached to an aromatic ring is 1. The molecule has 0 amide bonds. The van der Waals surface area contributed by atoms with Gasteiger partial charge < -0.3 is 16.2 Å². The summed E-state index contributed by atoms with van der Waals surface area (Å²) in [5.74, 6) is -1.06. The number of rotatable bonds is 3. The lowest BCUT2D eigenvalue weighted by Gasteiger charge is -2.32. The summed E-state index contributed by atoms with van der Waals surface area (Å²) < 4.78 is 0. The first kappa shape index (κ1) is 10.8. The quantitative estimate of drug-likeness (QED) is 0.495. The third-order valence-corrected chi connectivity index (χ3v) is 2.16. The highest BCUT2D eigenvalue weighted by Gasteiger charge is 2.21. The van der Waals surface area contributed by atoms with Crippen molar-refractivity contribution in [3.8, 4) is 0 Å². The van der Waals surface area contributed by atoms with E-state index in [-0.39, 0.29) is 0 Å². The predicted octanol–water partition coefficient (Wildman–Crippen LogP) is 0.908. The van der Waals surface area contributed by atoms with Gasteiger partial charge in [-0.05, 0) is 45.3 Å². The SMILES string of the molecule is CN(C)[C@](C)(O)Nc1ccc(N)cc1. The van der Waals surface area contributed by atoms with Crippen LogP contribution in [-0.4, -0.2) is 30.0 Å². The Kier molecular flexibility index (Phi) is 2.98. The zero-order valence-electron chi connectivity index (χ0n) is 8.78. The Bertz CT molecular complexity index is 293. The Morgan fingerprint density at radius 3 is 2.21 bits per heavy atom. The first-order chi connectivity index (χ1) is 6.42. The largest absolute Gasteiger partial charge is 0.399 e. The normalized spacial score (nSPS) is 15.2. The van der Waals surface area contributed by atoms with Gasteiger partial charge in [-0.25, -0.2) is 0 Å². The number of anilines is 2. The minimum absolute atomic E-state index is 0.708. The third-order valence-electron chi connectivity index (χ3n) is 2.16. The molecule has 0 aliphatic carbocycles. The van der Waals surface area contributed by atoms with Crippen LogP contribution in [0.5, 0.6) is 0 Å². The molecule has 14 heavy (non-hydrogen) atoms. The number of nitrogens with one attached hydrogen (secondary N) is 1. The zero-order chi connectivity index (χ0) is 10.8. The fourth-order valence-electron chi connectivity index (χ4n) is 0.952. The summed E-state index contributed by atoms with van der Waals surface area (Å²) in [5, 5.41) is 12.9. The monoisotopic (exact) mass is 195 g/mol. The van der Waals surface area contributed by atoms with E-state index in [1.165, 1.54) is 0 Å². The Morgan fingerprint density at radius 2 is 1.79 bits per heavy atom. The molecule has 1 aromatic rings. The van der Waals surface area contributed by atoms with Crippen LogP contribution in [0, 0.1) is 0 Å². The molecule has 0 saturated carbocycles. The molecule has 4 N–H and O–H groups in total. The average molecular weight is 195 g/mol. The van der Waals surface area contributed by atoms with E-state index in [2.05, 4.69) is 5.32 Å². The van der Waals surface area contributed by atoms with Crippen molar-refractivity contribution < 1.29 is 5.11 Å². The van der Waals surface area contributed by atoms with Crippen molar-refractivity contribution in [1.29, 1.82) is 0 Å². The van der Waals surface area contributed by atoms with Gasteiger partial charge in [0.25, 0.3) is 0 Å². The summed E-state index contributed by atoms with van der Waals surface area (Å²) in [6.45, 7) is 1.68. The molecule has 1 aromatic carbocycles. The number of aliphatic hydroxyl groups is 1. The fourth-order valence-corrected chi connectivity index (χ4v) is 0.952. The number of hydrogen-bond donors (Lipinski definition) is 3. The van der Waals surface area contributed by atoms with Crippen LogP contribution in [0.4, 0.5) is 11.4 Å². The second kappa shape index (κ2) is 3.86. The smallest absolute Gasteiger partial charge is 0.191 e. The number of benzene rings is 1. The van der Waals surface area contributed by atoms with Crippen LogP contribution in [0.15, 0.2) is 24.3 Å². The van der Waals surface area contributed by atoms with Crippen LogP contribution in [0.25, 0.3) is 0 Å². The Labute approximate surface area is 84.3 Å². The van der Waals surface area contributed by atoms with Gasteiger partial charge in [-0.2, -0.15) is 0 Å². The van der Waals surface area contributed by atoms with Gasteiger partial charge in [0.15, 0.2) is 5.85 Å². The molecule has 78 valence electrons. The summed E-state index contributed by atoms with van der Waals surface area (Å²) in [5.41, 5.74) is 7.09. The van der Waals surface area contributed by atoms with E-state index in [0.717, 1.165) is 5.69 Å². The van der Waals surface area contributed by atoms with Gasteiger partial charge in [0, 0.05) is 11.4 Å². The maximum atomic E-state index is 9.90. The second-order valence-electron chi connectivity index (χ2n) is 3.66. The first-order valence-corrected chi connectivity index (χ1v) is 4.45. The number of nitrogens with zero attached hydrogens (tertiary/aromatic N) is 1. The molecular weight excluding hydrogens is 178 g/mol. The molecule has 0 aliphatic heterocycles. The maximum Gasteiger partial charge on any atom is 0.191 e. The molecular formula is C10H17N3O. The van der Waals surface area contributed by atoms with E-state index < -0.39 is 5.85 Å². The molecule has 0 bridgehead atoms. The van der Waals surface area contributed by atoms with Crippen LogP contribution < -0.4 is 11.1 Å². The number of nitrogens with two attached hydrogens (primary N) is 1. The summed E-state index contributed by atoms with van der Waals surface area (Å²) >= 11 is 0. The minimum atomic E-state index is -1.06. The molecule has 4 heteroatoms. The standard InChI is InChI=1S/C10H17N3O/c1-10(14,13(2)3)12-9-6-4-8(11)5-7-9/h4-7,12,14H,11H2,1-3H3/t10-/m1/s1. The van der Waals surface area contributed by atoms with E-state index >= 15 is 0 Å². The predicted molar refractivity (Wildman–Crippen MR) is 58.8 cm³/mol. The molecule has 0 fully saturated rings. The van der Waals surface area contributed by atoms with Gasteiger partial charge >= 0.3 is 0 Å². The summed E-state index contributed by atoms with van der Waals surface area (Å²) in [4.78, 5) is 1.68. The van der Waals surface area contributed by atoms with Crippen molar-refractivity contribution in [3.05, 3.63) is 24.3 Å². The van der Waals surface area contributed by atoms with Crippen molar-refractivity contribution in [2.75, 3.05) is 25.1 Å². The van der Waals surface area contributed by atoms with Crippen LogP contribution >= 0.6 is 0 Å². The number of hydrogen-bond acceptors (Lipinski definition) is 4. The maximum absolute atomic E-state index is 9.90. The Balaban J connectivity index is 2.74. The highest BCUT2D eigenvalue weighted by atomic mass is 16.3. The van der Waals surface area contributed by atoms with Crippen molar-refractivity contribution in [1.82, 2.24) is 4.90 Å². The van der Waals surface area contributed by atoms with Gasteiger partial charge in [-0.15, -0.1) is 0 Å². The van der Waals surface area contributed by atoms with Crippen molar-refractivity contribution in [3.63, 3.8) is 0 Å². The minimum Gasteiger partial charge on any atom is -0.399 e. The second-order valence-corrected chi connectivity index (χ2v) is 3.66. The summed E-state index contributed by atoms with van der Waals surface area (Å²) in [6, 6.07) is 7.22. The summed E-state index contributed by atoms with van der Waals surface area (Å²) in [6.07, 6.45) is 0. The molecule has 4 nitrogen and oxygen atoms in total. The van der Waals surface area contributed by atoms with E-state index in [9.17, 15) is 5.11 Å². The molecule has 0 unspecified atom stereocenters. The van der Waals surface area contributed by atoms with E-state index in [1.807, 2.05) is 12.1 Å². The lowest BCUT2D eigenvalue weighted by atomic mass is 10.2. The lowest BCUT2D eigenvalue weighted by Crippen LogP contribution is -2.48. The zero-order valence-corrected chi connectivity index (χ0v) is 8.78. The molecule has 0 aromatic heterocycles.